The Morgan fingerprint density at radius 3 is 2.42 bits per heavy atom. The van der Waals surface area contributed by atoms with Crippen LogP contribution in [0.3, 0.4) is 0 Å². The summed E-state index contributed by atoms with van der Waals surface area (Å²) in [6.07, 6.45) is 14.8. The number of methoxy groups -OCH3 is 1. The summed E-state index contributed by atoms with van der Waals surface area (Å²) in [6.45, 7) is 11.7. The molecule has 1 aromatic carbocycles. The Kier molecular flexibility index (Phi) is 15.5. The van der Waals surface area contributed by atoms with E-state index >= 15 is 0 Å². The molecule has 0 radical (unpaired) electrons. The van der Waals surface area contributed by atoms with E-state index in [0.29, 0.717) is 11.3 Å². The number of amides is 1. The third-order valence-corrected chi connectivity index (χ3v) is 5.40. The first-order chi connectivity index (χ1) is 18.3. The second-order valence-corrected chi connectivity index (χ2v) is 9.34. The maximum atomic E-state index is 12.9. The fraction of sp³-hybridized carbons (Fsp3) is 0.323. The van der Waals surface area contributed by atoms with E-state index in [1.54, 1.807) is 13.3 Å². The van der Waals surface area contributed by atoms with Crippen molar-refractivity contribution in [2.24, 2.45) is 0 Å². The SMILES string of the molecule is CC.C\C=C/C(=C\C=C(/C)Br)CC(=O)Nc1ncc(-c2ccc(OC)cc2)nc1C(O)/C(C)=C/C=C\CC. The number of carbonyl (C=O) groups excluding carboxylic acids is 1. The van der Waals surface area contributed by atoms with E-state index in [4.69, 9.17) is 9.72 Å². The summed E-state index contributed by atoms with van der Waals surface area (Å²) in [6, 6.07) is 7.42. The quantitative estimate of drug-likeness (QED) is 0.261. The molecule has 1 aromatic heterocycles. The predicted octanol–water partition coefficient (Wildman–Crippen LogP) is 8.25. The number of aliphatic hydroxyl groups excluding tert-OH is 1. The van der Waals surface area contributed by atoms with Gasteiger partial charge in [0.05, 0.1) is 25.4 Å². The van der Waals surface area contributed by atoms with Crippen molar-refractivity contribution in [3.8, 4) is 17.0 Å². The highest BCUT2D eigenvalue weighted by Crippen LogP contribution is 2.29. The van der Waals surface area contributed by atoms with Gasteiger partial charge < -0.3 is 15.2 Å². The van der Waals surface area contributed by atoms with Gasteiger partial charge in [-0.25, -0.2) is 9.97 Å². The third kappa shape index (κ3) is 11.0. The van der Waals surface area contributed by atoms with Crippen molar-refractivity contribution in [3.63, 3.8) is 0 Å². The molecule has 38 heavy (non-hydrogen) atoms. The highest BCUT2D eigenvalue weighted by Gasteiger charge is 2.20. The first-order valence-corrected chi connectivity index (χ1v) is 13.6. The van der Waals surface area contributed by atoms with Gasteiger partial charge in [-0.3, -0.25) is 4.79 Å². The van der Waals surface area contributed by atoms with Crippen LogP contribution in [-0.4, -0.2) is 28.1 Å². The molecule has 1 amide bonds. The highest BCUT2D eigenvalue weighted by atomic mass is 79.9. The minimum atomic E-state index is -1.04. The van der Waals surface area contributed by atoms with E-state index in [1.807, 2.05) is 108 Å². The number of aliphatic hydroxyl groups is 1. The van der Waals surface area contributed by atoms with Crippen LogP contribution in [0.2, 0.25) is 0 Å². The number of hydrogen-bond donors (Lipinski definition) is 2. The number of hydrogen-bond acceptors (Lipinski definition) is 5. The van der Waals surface area contributed by atoms with Crippen molar-refractivity contribution in [1.82, 2.24) is 9.97 Å². The molecule has 2 rings (SSSR count). The summed E-state index contributed by atoms with van der Waals surface area (Å²) in [5.41, 5.74) is 3.19. The first-order valence-electron chi connectivity index (χ1n) is 12.8. The number of carbonyl (C=O) groups is 1. The molecule has 1 atom stereocenters. The van der Waals surface area contributed by atoms with Gasteiger partial charge in [-0.1, -0.05) is 79.2 Å². The zero-order valence-electron chi connectivity index (χ0n) is 23.5. The van der Waals surface area contributed by atoms with E-state index in [9.17, 15) is 9.90 Å². The summed E-state index contributed by atoms with van der Waals surface area (Å²) >= 11 is 3.40. The van der Waals surface area contributed by atoms with E-state index in [0.717, 1.165) is 27.8 Å². The zero-order chi connectivity index (χ0) is 28.5. The topological polar surface area (TPSA) is 84.3 Å². The molecule has 204 valence electrons. The van der Waals surface area contributed by atoms with Crippen molar-refractivity contribution in [3.05, 3.63) is 94.3 Å². The van der Waals surface area contributed by atoms with Crippen LogP contribution in [0.4, 0.5) is 5.82 Å². The van der Waals surface area contributed by atoms with Gasteiger partial charge in [-0.2, -0.15) is 0 Å². The number of rotatable bonds is 11. The van der Waals surface area contributed by atoms with Crippen LogP contribution in [0.25, 0.3) is 11.3 Å². The lowest BCUT2D eigenvalue weighted by Crippen LogP contribution is -2.17. The van der Waals surface area contributed by atoms with Gasteiger partial charge >= 0.3 is 0 Å². The Hall–Kier alpha value is -3.29. The zero-order valence-corrected chi connectivity index (χ0v) is 25.0. The average Bonchev–Trinajstić information content (AvgIpc) is 2.93. The van der Waals surface area contributed by atoms with Crippen LogP contribution in [0.15, 0.2) is 88.6 Å². The Morgan fingerprint density at radius 1 is 1.16 bits per heavy atom. The summed E-state index contributed by atoms with van der Waals surface area (Å²) in [7, 11) is 1.61. The van der Waals surface area contributed by atoms with Crippen molar-refractivity contribution in [1.29, 1.82) is 0 Å². The summed E-state index contributed by atoms with van der Waals surface area (Å²) in [5.74, 6) is 0.698. The van der Waals surface area contributed by atoms with Crippen LogP contribution in [-0.2, 0) is 4.79 Å². The number of allylic oxidation sites excluding steroid dienone is 8. The smallest absolute Gasteiger partial charge is 0.229 e. The minimum Gasteiger partial charge on any atom is -0.497 e. The minimum absolute atomic E-state index is 0.145. The fourth-order valence-electron chi connectivity index (χ4n) is 3.22. The number of nitrogens with one attached hydrogen (secondary N) is 1. The molecule has 0 saturated carbocycles. The summed E-state index contributed by atoms with van der Waals surface area (Å²) < 4.78 is 6.19. The average molecular weight is 583 g/mol. The Balaban J connectivity index is 0.00000352. The van der Waals surface area contributed by atoms with Crippen LogP contribution < -0.4 is 10.1 Å². The Bertz CT molecular complexity index is 1180. The van der Waals surface area contributed by atoms with E-state index < -0.39 is 6.10 Å². The molecular weight excluding hydrogens is 542 g/mol. The van der Waals surface area contributed by atoms with Gasteiger partial charge in [0.25, 0.3) is 0 Å². The lowest BCUT2D eigenvalue weighted by molar-refractivity contribution is -0.115. The molecule has 2 aromatic rings. The fourth-order valence-corrected chi connectivity index (χ4v) is 3.36. The van der Waals surface area contributed by atoms with E-state index in [1.165, 1.54) is 0 Å². The van der Waals surface area contributed by atoms with Crippen molar-refractivity contribution >= 4 is 27.7 Å². The second-order valence-electron chi connectivity index (χ2n) is 8.09. The number of anilines is 1. The van der Waals surface area contributed by atoms with Gasteiger partial charge in [-0.15, -0.1) is 0 Å². The van der Waals surface area contributed by atoms with Crippen LogP contribution in [0.5, 0.6) is 5.75 Å². The monoisotopic (exact) mass is 581 g/mol. The van der Waals surface area contributed by atoms with Gasteiger partial charge in [0.1, 0.15) is 17.5 Å². The molecule has 2 N–H and O–H groups in total. The molecule has 0 aliphatic rings. The molecule has 0 fully saturated rings. The lowest BCUT2D eigenvalue weighted by Gasteiger charge is -2.17. The molecule has 0 aliphatic heterocycles. The first kappa shape index (κ1) is 32.7. The number of ether oxygens (including phenoxy) is 1. The van der Waals surface area contributed by atoms with Gasteiger partial charge in [0.15, 0.2) is 5.82 Å². The van der Waals surface area contributed by atoms with E-state index in [2.05, 4.69) is 26.2 Å². The molecule has 1 unspecified atom stereocenters. The number of halogens is 1. The molecule has 6 nitrogen and oxygen atoms in total. The molecule has 7 heteroatoms. The predicted molar refractivity (Wildman–Crippen MR) is 162 cm³/mol. The number of benzene rings is 1. The molecule has 0 saturated heterocycles. The number of aromatic nitrogens is 2. The maximum Gasteiger partial charge on any atom is 0.229 e. The van der Waals surface area contributed by atoms with Gasteiger partial charge in [-0.05, 0) is 67.1 Å². The lowest BCUT2D eigenvalue weighted by atomic mass is 10.1. The van der Waals surface area contributed by atoms with Crippen molar-refractivity contribution in [2.75, 3.05) is 12.4 Å². The third-order valence-electron chi connectivity index (χ3n) is 5.14. The molecule has 1 heterocycles. The highest BCUT2D eigenvalue weighted by molar-refractivity contribution is 9.11. The molecule has 0 aliphatic carbocycles. The molecule has 0 spiro atoms. The normalized spacial score (nSPS) is 13.3. The van der Waals surface area contributed by atoms with Gasteiger partial charge in [0.2, 0.25) is 5.91 Å². The van der Waals surface area contributed by atoms with Crippen molar-refractivity contribution < 1.29 is 14.6 Å². The second kappa shape index (κ2) is 18.0. The maximum absolute atomic E-state index is 12.9. The van der Waals surface area contributed by atoms with Crippen LogP contribution >= 0.6 is 15.9 Å². The molecular formula is C31H40BrN3O3. The number of nitrogens with zero attached hydrogens (tertiary/aromatic N) is 2. The van der Waals surface area contributed by atoms with Gasteiger partial charge in [0, 0.05) is 5.56 Å². The largest absolute Gasteiger partial charge is 0.497 e. The van der Waals surface area contributed by atoms with Crippen molar-refractivity contribution in [2.45, 2.75) is 60.5 Å². The van der Waals surface area contributed by atoms with E-state index in [-0.39, 0.29) is 23.8 Å². The standard InChI is InChI=1S/C29H34BrN3O3.C2H6/c1-6-8-9-11-20(3)28(35)27-29(33-26(34)18-22(10-7-2)13-12-21(4)30)31-19-25(32-27)23-14-16-24(36-5)17-15-23;1-2/h7-17,19,28,35H,6,18H2,1-5H3,(H,31,33,34);1-2H3/b9-8-,10-7-,20-11+,21-12+,22-13+;. The Labute approximate surface area is 236 Å². The Morgan fingerprint density at radius 2 is 1.84 bits per heavy atom. The van der Waals surface area contributed by atoms with Crippen LogP contribution in [0, 0.1) is 0 Å². The summed E-state index contributed by atoms with van der Waals surface area (Å²) in [5, 5.41) is 14.0. The van der Waals surface area contributed by atoms with Crippen LogP contribution in [0.1, 0.15) is 66.2 Å². The molecule has 0 bridgehead atoms. The summed E-state index contributed by atoms with van der Waals surface area (Å²) in [4.78, 5) is 22.1.